The van der Waals surface area contributed by atoms with E-state index in [0.717, 1.165) is 12.8 Å². The highest BCUT2D eigenvalue weighted by Crippen LogP contribution is 2.22. The van der Waals surface area contributed by atoms with Crippen molar-refractivity contribution in [2.45, 2.75) is 17.7 Å². The number of nitrogens with zero attached hydrogens (tertiary/aromatic N) is 1. The van der Waals surface area contributed by atoms with Crippen LogP contribution in [0.1, 0.15) is 12.8 Å². The SMILES string of the molecule is Nc1cc(Br)ccc1S(=O)(=O)NCC(=O)N1CCCC1. The third-order valence-corrected chi connectivity index (χ3v) is 5.10. The largest absolute Gasteiger partial charge is 0.398 e. The van der Waals surface area contributed by atoms with E-state index < -0.39 is 10.0 Å². The smallest absolute Gasteiger partial charge is 0.243 e. The van der Waals surface area contributed by atoms with Crippen LogP contribution in [0.5, 0.6) is 0 Å². The van der Waals surface area contributed by atoms with Crippen LogP contribution >= 0.6 is 15.9 Å². The molecular weight excluding hydrogens is 346 g/mol. The third-order valence-electron chi connectivity index (χ3n) is 3.13. The number of amides is 1. The zero-order valence-electron chi connectivity index (χ0n) is 10.8. The second kappa shape index (κ2) is 6.11. The van der Waals surface area contributed by atoms with Crippen LogP contribution in [0.2, 0.25) is 0 Å². The summed E-state index contributed by atoms with van der Waals surface area (Å²) in [5.74, 6) is -0.207. The lowest BCUT2D eigenvalue weighted by atomic mass is 10.3. The van der Waals surface area contributed by atoms with Crippen LogP contribution in [0.15, 0.2) is 27.6 Å². The van der Waals surface area contributed by atoms with Gasteiger partial charge in [-0.05, 0) is 31.0 Å². The van der Waals surface area contributed by atoms with Gasteiger partial charge in [0, 0.05) is 17.6 Å². The fraction of sp³-hybridized carbons (Fsp3) is 0.417. The van der Waals surface area contributed by atoms with Gasteiger partial charge in [0.1, 0.15) is 4.90 Å². The van der Waals surface area contributed by atoms with Crippen LogP contribution in [-0.2, 0) is 14.8 Å². The summed E-state index contributed by atoms with van der Waals surface area (Å²) in [6.45, 7) is 1.15. The molecule has 0 atom stereocenters. The van der Waals surface area contributed by atoms with Crippen LogP contribution < -0.4 is 10.5 Å². The number of nitrogens with one attached hydrogen (secondary N) is 1. The number of likely N-dealkylation sites (tertiary alicyclic amines) is 1. The topological polar surface area (TPSA) is 92.5 Å². The molecule has 3 N–H and O–H groups in total. The van der Waals surface area contributed by atoms with Gasteiger partial charge in [0.2, 0.25) is 15.9 Å². The molecule has 1 aromatic rings. The molecule has 1 fully saturated rings. The number of benzene rings is 1. The van der Waals surface area contributed by atoms with Gasteiger partial charge in [-0.2, -0.15) is 0 Å². The average Bonchev–Trinajstić information content (AvgIpc) is 2.89. The van der Waals surface area contributed by atoms with Crippen molar-refractivity contribution in [3.63, 3.8) is 0 Å². The fourth-order valence-electron chi connectivity index (χ4n) is 2.08. The highest BCUT2D eigenvalue weighted by Gasteiger charge is 2.22. The first-order valence-electron chi connectivity index (χ1n) is 6.22. The van der Waals surface area contributed by atoms with Gasteiger partial charge < -0.3 is 10.6 Å². The van der Waals surface area contributed by atoms with Crippen molar-refractivity contribution >= 4 is 37.5 Å². The molecule has 20 heavy (non-hydrogen) atoms. The standard InChI is InChI=1S/C12H16BrN3O3S/c13-9-3-4-11(10(14)7-9)20(18,19)15-8-12(17)16-5-1-2-6-16/h3-4,7,15H,1-2,5-6,8,14H2. The van der Waals surface area contributed by atoms with Crippen molar-refractivity contribution < 1.29 is 13.2 Å². The van der Waals surface area contributed by atoms with E-state index in [1.54, 1.807) is 11.0 Å². The van der Waals surface area contributed by atoms with E-state index in [2.05, 4.69) is 20.7 Å². The molecule has 1 aliphatic rings. The number of nitrogens with two attached hydrogens (primary N) is 1. The quantitative estimate of drug-likeness (QED) is 0.780. The normalized spacial score (nSPS) is 15.6. The van der Waals surface area contributed by atoms with Gasteiger partial charge >= 0.3 is 0 Å². The number of hydrogen-bond acceptors (Lipinski definition) is 4. The predicted octanol–water partition coefficient (Wildman–Crippen LogP) is 0.932. The Balaban J connectivity index is 2.05. The van der Waals surface area contributed by atoms with E-state index in [1.807, 2.05) is 0 Å². The molecule has 2 rings (SSSR count). The monoisotopic (exact) mass is 361 g/mol. The van der Waals surface area contributed by atoms with E-state index >= 15 is 0 Å². The van der Waals surface area contributed by atoms with Crippen molar-refractivity contribution in [3.05, 3.63) is 22.7 Å². The first-order valence-corrected chi connectivity index (χ1v) is 8.50. The lowest BCUT2D eigenvalue weighted by Gasteiger charge is -2.16. The number of hydrogen-bond donors (Lipinski definition) is 2. The third kappa shape index (κ3) is 3.50. The van der Waals surface area contributed by atoms with Gasteiger partial charge in [0.25, 0.3) is 0 Å². The molecule has 6 nitrogen and oxygen atoms in total. The number of nitrogen functional groups attached to an aromatic ring is 1. The lowest BCUT2D eigenvalue weighted by molar-refractivity contribution is -0.128. The fourth-order valence-corrected chi connectivity index (χ4v) is 3.54. The molecule has 0 spiro atoms. The molecule has 8 heteroatoms. The first-order chi connectivity index (χ1) is 9.40. The second-order valence-electron chi connectivity index (χ2n) is 4.59. The summed E-state index contributed by atoms with van der Waals surface area (Å²) in [6, 6.07) is 4.51. The number of rotatable bonds is 4. The van der Waals surface area contributed by atoms with E-state index in [9.17, 15) is 13.2 Å². The van der Waals surface area contributed by atoms with Gasteiger partial charge in [-0.15, -0.1) is 0 Å². The average molecular weight is 362 g/mol. The summed E-state index contributed by atoms with van der Waals surface area (Å²) in [6.07, 6.45) is 1.94. The number of sulfonamides is 1. The summed E-state index contributed by atoms with van der Waals surface area (Å²) in [4.78, 5) is 13.5. The van der Waals surface area contributed by atoms with E-state index in [0.29, 0.717) is 17.6 Å². The van der Waals surface area contributed by atoms with Crippen LogP contribution in [0.3, 0.4) is 0 Å². The van der Waals surface area contributed by atoms with Crippen molar-refractivity contribution in [1.29, 1.82) is 0 Å². The van der Waals surface area contributed by atoms with Crippen LogP contribution in [0.4, 0.5) is 5.69 Å². The van der Waals surface area contributed by atoms with Gasteiger partial charge in [0.05, 0.1) is 12.2 Å². The van der Waals surface area contributed by atoms with E-state index in [1.165, 1.54) is 12.1 Å². The van der Waals surface area contributed by atoms with Crippen LogP contribution in [0.25, 0.3) is 0 Å². The molecule has 0 radical (unpaired) electrons. The molecule has 0 aliphatic carbocycles. The summed E-state index contributed by atoms with van der Waals surface area (Å²) in [5, 5.41) is 0. The van der Waals surface area contributed by atoms with Gasteiger partial charge in [0.15, 0.2) is 0 Å². The van der Waals surface area contributed by atoms with Crippen molar-refractivity contribution in [1.82, 2.24) is 9.62 Å². The van der Waals surface area contributed by atoms with E-state index in [-0.39, 0.29) is 23.0 Å². The number of anilines is 1. The van der Waals surface area contributed by atoms with E-state index in [4.69, 9.17) is 5.73 Å². The zero-order valence-corrected chi connectivity index (χ0v) is 13.2. The Labute approximate surface area is 126 Å². The molecule has 0 unspecified atom stereocenters. The Kier molecular flexibility index (Phi) is 4.66. The Morgan fingerprint density at radius 3 is 2.60 bits per heavy atom. The number of halogens is 1. The van der Waals surface area contributed by atoms with Crippen LogP contribution in [0, 0.1) is 0 Å². The maximum Gasteiger partial charge on any atom is 0.243 e. The number of carbonyl (C=O) groups excluding carboxylic acids is 1. The molecule has 0 saturated carbocycles. The second-order valence-corrected chi connectivity index (χ2v) is 7.25. The van der Waals surface area contributed by atoms with Gasteiger partial charge in [-0.1, -0.05) is 15.9 Å². The Morgan fingerprint density at radius 2 is 2.00 bits per heavy atom. The van der Waals surface area contributed by atoms with Crippen LogP contribution in [-0.4, -0.2) is 38.9 Å². The first kappa shape index (κ1) is 15.3. The zero-order chi connectivity index (χ0) is 14.8. The molecule has 1 amide bonds. The van der Waals surface area contributed by atoms with Gasteiger partial charge in [-0.3, -0.25) is 4.79 Å². The highest BCUT2D eigenvalue weighted by atomic mass is 79.9. The lowest BCUT2D eigenvalue weighted by Crippen LogP contribution is -2.38. The molecule has 1 heterocycles. The minimum Gasteiger partial charge on any atom is -0.398 e. The molecule has 110 valence electrons. The van der Waals surface area contributed by atoms with Crippen molar-refractivity contribution in [2.75, 3.05) is 25.4 Å². The molecule has 0 aromatic heterocycles. The highest BCUT2D eigenvalue weighted by molar-refractivity contribution is 9.10. The molecule has 1 aliphatic heterocycles. The maximum absolute atomic E-state index is 12.1. The molecule has 1 saturated heterocycles. The summed E-state index contributed by atoms with van der Waals surface area (Å²) >= 11 is 3.21. The van der Waals surface area contributed by atoms with Gasteiger partial charge in [-0.25, -0.2) is 13.1 Å². The Hall–Kier alpha value is -1.12. The minimum atomic E-state index is -3.78. The maximum atomic E-state index is 12.1. The molecule has 1 aromatic carbocycles. The Morgan fingerprint density at radius 1 is 1.35 bits per heavy atom. The summed E-state index contributed by atoms with van der Waals surface area (Å²) < 4.78 is 27.2. The summed E-state index contributed by atoms with van der Waals surface area (Å²) in [7, 11) is -3.78. The summed E-state index contributed by atoms with van der Waals surface area (Å²) in [5.41, 5.74) is 5.83. The Bertz CT molecular complexity index is 612. The predicted molar refractivity (Wildman–Crippen MR) is 79.6 cm³/mol. The number of carbonyl (C=O) groups is 1. The molecular formula is C12H16BrN3O3S. The van der Waals surface area contributed by atoms with Crippen molar-refractivity contribution in [3.8, 4) is 0 Å². The minimum absolute atomic E-state index is 0.0186. The molecule has 0 bridgehead atoms. The van der Waals surface area contributed by atoms with Crippen molar-refractivity contribution in [2.24, 2.45) is 0 Å².